The predicted octanol–water partition coefficient (Wildman–Crippen LogP) is 5.46. The van der Waals surface area contributed by atoms with Crippen LogP contribution < -0.4 is 5.32 Å². The molecule has 2 fully saturated rings. The molecule has 4 atom stereocenters. The molecule has 1 N–H and O–H groups in total. The average molecular weight is 364 g/mol. The Hall–Kier alpha value is -0.700. The van der Waals surface area contributed by atoms with Crippen molar-refractivity contribution in [3.8, 4) is 0 Å². The highest BCUT2D eigenvalue weighted by Crippen LogP contribution is 2.35. The number of fused-ring (bicyclic) bond motifs is 1. The zero-order valence-electron chi connectivity index (χ0n) is 17.2. The van der Waals surface area contributed by atoms with E-state index in [2.05, 4.69) is 19.2 Å². The Bertz CT molecular complexity index is 418. The number of rotatable bonds is 11. The molecule has 4 unspecified atom stereocenters. The zero-order valence-corrected chi connectivity index (χ0v) is 17.2. The van der Waals surface area contributed by atoms with Gasteiger partial charge in [0.1, 0.15) is 11.6 Å². The van der Waals surface area contributed by atoms with Crippen LogP contribution in [0.5, 0.6) is 0 Å². The fraction of sp³-hybridized carbons (Fsp3) is 0.913. The van der Waals surface area contributed by atoms with Crippen molar-refractivity contribution in [2.45, 2.75) is 110 Å². The van der Waals surface area contributed by atoms with Gasteiger partial charge in [0.2, 0.25) is 0 Å². The van der Waals surface area contributed by atoms with Gasteiger partial charge < -0.3 is 5.32 Å². The molecular formula is C23H41NO2. The maximum Gasteiger partial charge on any atom is 0.149 e. The monoisotopic (exact) mass is 363 g/mol. The van der Waals surface area contributed by atoms with Crippen LogP contribution in [0.3, 0.4) is 0 Å². The Morgan fingerprint density at radius 3 is 2.42 bits per heavy atom. The van der Waals surface area contributed by atoms with Crippen molar-refractivity contribution >= 4 is 11.6 Å². The summed E-state index contributed by atoms with van der Waals surface area (Å²) in [6, 6.07) is 0.0734. The Kier molecular flexibility index (Phi) is 9.88. The first-order valence-electron chi connectivity index (χ1n) is 11.4. The van der Waals surface area contributed by atoms with E-state index in [4.69, 9.17) is 0 Å². The molecule has 0 radical (unpaired) electrons. The zero-order chi connectivity index (χ0) is 18.8. The molecule has 1 aliphatic heterocycles. The molecule has 150 valence electrons. The summed E-state index contributed by atoms with van der Waals surface area (Å²) in [4.78, 5) is 24.7. The Balaban J connectivity index is 1.60. The summed E-state index contributed by atoms with van der Waals surface area (Å²) in [6.45, 7) is 5.30. The first-order chi connectivity index (χ1) is 12.6. The molecule has 1 aliphatic carbocycles. The topological polar surface area (TPSA) is 46.2 Å². The van der Waals surface area contributed by atoms with Crippen molar-refractivity contribution < 1.29 is 9.59 Å². The van der Waals surface area contributed by atoms with Gasteiger partial charge in [-0.3, -0.25) is 9.59 Å². The highest BCUT2D eigenvalue weighted by molar-refractivity contribution is 5.84. The van der Waals surface area contributed by atoms with E-state index in [0.29, 0.717) is 24.4 Å². The van der Waals surface area contributed by atoms with E-state index in [1.54, 1.807) is 0 Å². The molecule has 0 aromatic carbocycles. The third kappa shape index (κ3) is 7.13. The van der Waals surface area contributed by atoms with Gasteiger partial charge in [-0.1, -0.05) is 52.4 Å². The lowest BCUT2D eigenvalue weighted by Gasteiger charge is -2.29. The number of ketones is 2. The van der Waals surface area contributed by atoms with Gasteiger partial charge in [0.15, 0.2) is 0 Å². The van der Waals surface area contributed by atoms with Crippen LogP contribution in [0.2, 0.25) is 0 Å². The maximum absolute atomic E-state index is 12.6. The molecule has 1 saturated heterocycles. The molecule has 2 rings (SSSR count). The van der Waals surface area contributed by atoms with Crippen LogP contribution in [0, 0.1) is 17.8 Å². The maximum atomic E-state index is 12.6. The number of carbonyl (C=O) groups excluding carboxylic acids is 2. The van der Waals surface area contributed by atoms with Crippen LogP contribution in [0.25, 0.3) is 0 Å². The van der Waals surface area contributed by atoms with E-state index in [9.17, 15) is 9.59 Å². The van der Waals surface area contributed by atoms with Crippen molar-refractivity contribution in [3.05, 3.63) is 0 Å². The van der Waals surface area contributed by atoms with E-state index in [0.717, 1.165) is 50.5 Å². The number of carbonyl (C=O) groups is 2. The largest absolute Gasteiger partial charge is 0.307 e. The van der Waals surface area contributed by atoms with Crippen LogP contribution in [0.4, 0.5) is 0 Å². The quantitative estimate of drug-likeness (QED) is 0.496. The van der Waals surface area contributed by atoms with Crippen LogP contribution in [-0.4, -0.2) is 24.2 Å². The van der Waals surface area contributed by atoms with Gasteiger partial charge in [0.25, 0.3) is 0 Å². The molecule has 0 aromatic heterocycles. The lowest BCUT2D eigenvalue weighted by atomic mass is 9.77. The fourth-order valence-corrected chi connectivity index (χ4v) is 4.87. The lowest BCUT2D eigenvalue weighted by Crippen LogP contribution is -2.38. The van der Waals surface area contributed by atoms with E-state index in [1.165, 1.54) is 44.9 Å². The number of nitrogens with one attached hydrogen (secondary N) is 1. The van der Waals surface area contributed by atoms with E-state index in [1.807, 2.05) is 0 Å². The minimum atomic E-state index is 0.0734. The standard InChI is InChI=1S/C23H41NO2/c1-3-4-5-10-18(2)22(25)13-8-9-14-23(26)21-16-15-19-11-6-7-12-20(19)17-24-21/h18-21,24H,3-17H2,1-2H3. The summed E-state index contributed by atoms with van der Waals surface area (Å²) in [6.07, 6.45) is 15.4. The summed E-state index contributed by atoms with van der Waals surface area (Å²) >= 11 is 0. The summed E-state index contributed by atoms with van der Waals surface area (Å²) in [7, 11) is 0. The molecule has 3 heteroatoms. The molecule has 26 heavy (non-hydrogen) atoms. The third-order valence-corrected chi connectivity index (χ3v) is 6.79. The smallest absolute Gasteiger partial charge is 0.149 e. The molecule has 1 heterocycles. The average Bonchev–Trinajstić information content (AvgIpc) is 2.87. The third-order valence-electron chi connectivity index (χ3n) is 6.79. The second-order valence-corrected chi connectivity index (χ2v) is 8.88. The van der Waals surface area contributed by atoms with E-state index >= 15 is 0 Å². The van der Waals surface area contributed by atoms with Gasteiger partial charge in [-0.15, -0.1) is 0 Å². The number of hydrogen-bond donors (Lipinski definition) is 1. The molecule has 0 aromatic rings. The SMILES string of the molecule is CCCCCC(C)C(=O)CCCCC(=O)C1CCC2CCCCC2CN1. The lowest BCUT2D eigenvalue weighted by molar-refractivity contribution is -0.123. The number of hydrogen-bond acceptors (Lipinski definition) is 3. The Morgan fingerprint density at radius 2 is 1.65 bits per heavy atom. The highest BCUT2D eigenvalue weighted by Gasteiger charge is 2.31. The van der Waals surface area contributed by atoms with Gasteiger partial charge in [-0.05, 0) is 56.9 Å². The van der Waals surface area contributed by atoms with Gasteiger partial charge in [-0.2, -0.15) is 0 Å². The summed E-state index contributed by atoms with van der Waals surface area (Å²) in [5.74, 6) is 2.62. The molecule has 1 saturated carbocycles. The van der Waals surface area contributed by atoms with Crippen molar-refractivity contribution in [1.82, 2.24) is 5.32 Å². The van der Waals surface area contributed by atoms with Crippen molar-refractivity contribution in [2.24, 2.45) is 17.8 Å². The first kappa shape index (κ1) is 21.6. The minimum absolute atomic E-state index is 0.0734. The second-order valence-electron chi connectivity index (χ2n) is 8.88. The number of Topliss-reactive ketones (excluding diaryl/α,β-unsaturated/α-hetero) is 2. The first-order valence-corrected chi connectivity index (χ1v) is 11.4. The summed E-state index contributed by atoms with van der Waals surface area (Å²) in [5.41, 5.74) is 0. The van der Waals surface area contributed by atoms with E-state index in [-0.39, 0.29) is 12.0 Å². The Labute approximate surface area is 161 Å². The van der Waals surface area contributed by atoms with Crippen molar-refractivity contribution in [3.63, 3.8) is 0 Å². The van der Waals surface area contributed by atoms with Crippen LogP contribution in [-0.2, 0) is 9.59 Å². The van der Waals surface area contributed by atoms with Crippen molar-refractivity contribution in [1.29, 1.82) is 0 Å². The van der Waals surface area contributed by atoms with E-state index < -0.39 is 0 Å². The predicted molar refractivity (Wildman–Crippen MR) is 108 cm³/mol. The van der Waals surface area contributed by atoms with Crippen LogP contribution in [0.15, 0.2) is 0 Å². The Morgan fingerprint density at radius 1 is 0.923 bits per heavy atom. The summed E-state index contributed by atoms with van der Waals surface area (Å²) in [5, 5.41) is 3.56. The van der Waals surface area contributed by atoms with Gasteiger partial charge in [0, 0.05) is 18.8 Å². The van der Waals surface area contributed by atoms with Crippen LogP contribution >= 0.6 is 0 Å². The highest BCUT2D eigenvalue weighted by atomic mass is 16.1. The van der Waals surface area contributed by atoms with Crippen LogP contribution in [0.1, 0.15) is 104 Å². The molecule has 3 nitrogen and oxygen atoms in total. The van der Waals surface area contributed by atoms with Gasteiger partial charge in [-0.25, -0.2) is 0 Å². The molecule has 2 aliphatic rings. The summed E-state index contributed by atoms with van der Waals surface area (Å²) < 4.78 is 0. The number of unbranched alkanes of at least 4 members (excludes halogenated alkanes) is 3. The molecule has 0 amide bonds. The minimum Gasteiger partial charge on any atom is -0.307 e. The van der Waals surface area contributed by atoms with Gasteiger partial charge >= 0.3 is 0 Å². The van der Waals surface area contributed by atoms with Gasteiger partial charge in [0.05, 0.1) is 6.04 Å². The normalized spacial score (nSPS) is 27.4. The molecular weight excluding hydrogens is 322 g/mol. The molecule has 0 spiro atoms. The second kappa shape index (κ2) is 11.9. The fourth-order valence-electron chi connectivity index (χ4n) is 4.87. The molecule has 0 bridgehead atoms. The van der Waals surface area contributed by atoms with Crippen molar-refractivity contribution in [2.75, 3.05) is 6.54 Å².